The van der Waals surface area contributed by atoms with Gasteiger partial charge in [0.05, 0.1) is 0 Å². The summed E-state index contributed by atoms with van der Waals surface area (Å²) in [6.07, 6.45) is 5.97. The SMILES string of the molecule is CN(C)C(CC1CCCNC1)c1ccc[nH]1. The van der Waals surface area contributed by atoms with Crippen molar-refractivity contribution in [1.82, 2.24) is 15.2 Å². The van der Waals surface area contributed by atoms with E-state index in [2.05, 4.69) is 41.4 Å². The largest absolute Gasteiger partial charge is 0.364 e. The Kier molecular flexibility index (Phi) is 4.02. The Morgan fingerprint density at radius 1 is 1.50 bits per heavy atom. The minimum atomic E-state index is 0.528. The van der Waals surface area contributed by atoms with Crippen molar-refractivity contribution in [2.45, 2.75) is 25.3 Å². The van der Waals surface area contributed by atoms with Crippen LogP contribution in [0.5, 0.6) is 0 Å². The number of aromatic nitrogens is 1. The first-order valence-electron chi connectivity index (χ1n) is 6.28. The molecule has 1 aromatic rings. The second-order valence-electron chi connectivity index (χ2n) is 5.05. The first kappa shape index (κ1) is 11.7. The molecule has 2 heterocycles. The quantitative estimate of drug-likeness (QED) is 0.815. The molecule has 2 N–H and O–H groups in total. The molecule has 1 saturated heterocycles. The van der Waals surface area contributed by atoms with Crippen LogP contribution in [-0.2, 0) is 0 Å². The third-order valence-electron chi connectivity index (χ3n) is 3.56. The van der Waals surface area contributed by atoms with Crippen molar-refractivity contribution in [3.8, 4) is 0 Å². The number of hydrogen-bond donors (Lipinski definition) is 2. The zero-order chi connectivity index (χ0) is 11.4. The second kappa shape index (κ2) is 5.51. The number of nitrogens with zero attached hydrogens (tertiary/aromatic N) is 1. The van der Waals surface area contributed by atoms with Gasteiger partial charge in [-0.3, -0.25) is 0 Å². The van der Waals surface area contributed by atoms with Gasteiger partial charge in [0, 0.05) is 17.9 Å². The van der Waals surface area contributed by atoms with Gasteiger partial charge >= 0.3 is 0 Å². The van der Waals surface area contributed by atoms with Crippen molar-refractivity contribution >= 4 is 0 Å². The third-order valence-corrected chi connectivity index (χ3v) is 3.56. The fourth-order valence-corrected chi connectivity index (χ4v) is 2.61. The van der Waals surface area contributed by atoms with Crippen LogP contribution in [0, 0.1) is 5.92 Å². The Morgan fingerprint density at radius 2 is 2.38 bits per heavy atom. The molecule has 16 heavy (non-hydrogen) atoms. The van der Waals surface area contributed by atoms with E-state index in [-0.39, 0.29) is 0 Å². The van der Waals surface area contributed by atoms with Gasteiger partial charge in [0.25, 0.3) is 0 Å². The van der Waals surface area contributed by atoms with Crippen LogP contribution in [0.15, 0.2) is 18.3 Å². The fourth-order valence-electron chi connectivity index (χ4n) is 2.61. The molecule has 0 radical (unpaired) electrons. The van der Waals surface area contributed by atoms with Gasteiger partial charge in [0.2, 0.25) is 0 Å². The smallest absolute Gasteiger partial charge is 0.0496 e. The van der Waals surface area contributed by atoms with Crippen molar-refractivity contribution in [2.75, 3.05) is 27.2 Å². The Balaban J connectivity index is 1.97. The summed E-state index contributed by atoms with van der Waals surface area (Å²) in [4.78, 5) is 5.67. The monoisotopic (exact) mass is 221 g/mol. The number of H-pyrrole nitrogens is 1. The number of piperidine rings is 1. The highest BCUT2D eigenvalue weighted by Crippen LogP contribution is 2.27. The molecule has 0 aromatic carbocycles. The number of nitrogens with one attached hydrogen (secondary N) is 2. The lowest BCUT2D eigenvalue weighted by atomic mass is 9.91. The van der Waals surface area contributed by atoms with Crippen LogP contribution in [0.1, 0.15) is 31.0 Å². The summed E-state index contributed by atoms with van der Waals surface area (Å²) in [5.41, 5.74) is 1.34. The maximum absolute atomic E-state index is 3.50. The van der Waals surface area contributed by atoms with E-state index in [4.69, 9.17) is 0 Å². The van der Waals surface area contributed by atoms with E-state index in [9.17, 15) is 0 Å². The van der Waals surface area contributed by atoms with E-state index in [0.29, 0.717) is 6.04 Å². The number of hydrogen-bond acceptors (Lipinski definition) is 2. The van der Waals surface area contributed by atoms with E-state index in [1.807, 2.05) is 6.20 Å². The van der Waals surface area contributed by atoms with E-state index < -0.39 is 0 Å². The molecule has 1 aromatic heterocycles. The zero-order valence-corrected chi connectivity index (χ0v) is 10.4. The van der Waals surface area contributed by atoms with Crippen molar-refractivity contribution in [3.05, 3.63) is 24.0 Å². The minimum Gasteiger partial charge on any atom is -0.364 e. The van der Waals surface area contributed by atoms with Gasteiger partial charge in [-0.1, -0.05) is 0 Å². The molecule has 90 valence electrons. The highest BCUT2D eigenvalue weighted by atomic mass is 15.1. The van der Waals surface area contributed by atoms with Gasteiger partial charge in [-0.05, 0) is 64.5 Å². The average Bonchev–Trinajstić information content (AvgIpc) is 2.80. The molecule has 0 saturated carbocycles. The van der Waals surface area contributed by atoms with Gasteiger partial charge in [-0.25, -0.2) is 0 Å². The zero-order valence-electron chi connectivity index (χ0n) is 10.4. The molecule has 2 atom stereocenters. The summed E-state index contributed by atoms with van der Waals surface area (Å²) in [7, 11) is 4.34. The topological polar surface area (TPSA) is 31.1 Å². The normalized spacial score (nSPS) is 23.6. The average molecular weight is 221 g/mol. The molecule has 1 aliphatic rings. The first-order valence-corrected chi connectivity index (χ1v) is 6.28. The summed E-state index contributed by atoms with van der Waals surface area (Å²) >= 11 is 0. The Bertz CT molecular complexity index is 286. The van der Waals surface area contributed by atoms with E-state index in [1.165, 1.54) is 38.0 Å². The van der Waals surface area contributed by atoms with Crippen LogP contribution in [0.3, 0.4) is 0 Å². The third kappa shape index (κ3) is 2.86. The maximum Gasteiger partial charge on any atom is 0.0496 e. The molecular formula is C13H23N3. The van der Waals surface area contributed by atoms with Crippen LogP contribution in [0.25, 0.3) is 0 Å². The summed E-state index contributed by atoms with van der Waals surface area (Å²) in [5, 5.41) is 3.50. The molecule has 0 aliphatic carbocycles. The van der Waals surface area contributed by atoms with Crippen molar-refractivity contribution in [1.29, 1.82) is 0 Å². The molecule has 3 nitrogen and oxygen atoms in total. The van der Waals surface area contributed by atoms with Crippen LogP contribution in [0.4, 0.5) is 0 Å². The summed E-state index contributed by atoms with van der Waals surface area (Å²) in [6.45, 7) is 2.39. The predicted octanol–water partition coefficient (Wildman–Crippen LogP) is 2.01. The van der Waals surface area contributed by atoms with Gasteiger partial charge in [-0.2, -0.15) is 0 Å². The minimum absolute atomic E-state index is 0.528. The standard InChI is InChI=1S/C13H23N3/c1-16(2)13(12-6-4-8-15-12)9-11-5-3-7-14-10-11/h4,6,8,11,13-15H,3,5,7,9-10H2,1-2H3. The van der Waals surface area contributed by atoms with Crippen LogP contribution in [0.2, 0.25) is 0 Å². The predicted molar refractivity (Wildman–Crippen MR) is 67.4 cm³/mol. The number of rotatable bonds is 4. The van der Waals surface area contributed by atoms with E-state index in [0.717, 1.165) is 5.92 Å². The lowest BCUT2D eigenvalue weighted by Crippen LogP contribution is -2.33. The van der Waals surface area contributed by atoms with Gasteiger partial charge in [0.15, 0.2) is 0 Å². The van der Waals surface area contributed by atoms with Gasteiger partial charge in [0.1, 0.15) is 0 Å². The lowest BCUT2D eigenvalue weighted by molar-refractivity contribution is 0.222. The summed E-state index contributed by atoms with van der Waals surface area (Å²) < 4.78 is 0. The lowest BCUT2D eigenvalue weighted by Gasteiger charge is -2.30. The molecule has 0 spiro atoms. The molecule has 1 fully saturated rings. The highest BCUT2D eigenvalue weighted by molar-refractivity contribution is 5.09. The Morgan fingerprint density at radius 3 is 2.94 bits per heavy atom. The summed E-state index contributed by atoms with van der Waals surface area (Å²) in [5.74, 6) is 0.824. The second-order valence-corrected chi connectivity index (χ2v) is 5.05. The molecule has 0 amide bonds. The van der Waals surface area contributed by atoms with Crippen molar-refractivity contribution < 1.29 is 0 Å². The molecule has 1 aliphatic heterocycles. The fraction of sp³-hybridized carbons (Fsp3) is 0.692. The molecule has 2 rings (SSSR count). The van der Waals surface area contributed by atoms with Gasteiger partial charge < -0.3 is 15.2 Å². The van der Waals surface area contributed by atoms with Crippen molar-refractivity contribution in [2.24, 2.45) is 5.92 Å². The molecule has 0 bridgehead atoms. The number of aromatic amines is 1. The molecule has 2 unspecified atom stereocenters. The van der Waals surface area contributed by atoms with Gasteiger partial charge in [-0.15, -0.1) is 0 Å². The highest BCUT2D eigenvalue weighted by Gasteiger charge is 2.21. The van der Waals surface area contributed by atoms with Crippen LogP contribution in [-0.4, -0.2) is 37.1 Å². The van der Waals surface area contributed by atoms with Crippen molar-refractivity contribution in [3.63, 3.8) is 0 Å². The van der Waals surface area contributed by atoms with E-state index >= 15 is 0 Å². The van der Waals surface area contributed by atoms with Crippen LogP contribution < -0.4 is 5.32 Å². The molecule has 3 heteroatoms. The summed E-state index contributed by atoms with van der Waals surface area (Å²) in [6, 6.07) is 4.81. The van der Waals surface area contributed by atoms with E-state index in [1.54, 1.807) is 0 Å². The Labute approximate surface area is 98.2 Å². The maximum atomic E-state index is 3.50. The van der Waals surface area contributed by atoms with Crippen LogP contribution >= 0.6 is 0 Å². The first-order chi connectivity index (χ1) is 7.77. The molecular weight excluding hydrogens is 198 g/mol. The Hall–Kier alpha value is -0.800.